The Labute approximate surface area is 147 Å². The summed E-state index contributed by atoms with van der Waals surface area (Å²) in [5, 5.41) is 11.3. The van der Waals surface area contributed by atoms with Gasteiger partial charge in [0.05, 0.1) is 30.1 Å². The standard InChI is InChI=1S/C15H18F3N5O3/c16-15(17,18)10-1-2-11(12(7-10)23(25)26)21-8-13-20(4-3-19)5-6-22(13)14(24)9-21/h1-2,7,13H,3-6,8-9,19H2/p+1. The molecule has 11 heteroatoms. The number of carbonyl (C=O) groups excluding carboxylic acids is 1. The molecule has 1 atom stereocenters. The highest BCUT2D eigenvalue weighted by molar-refractivity contribution is 5.85. The highest BCUT2D eigenvalue weighted by Gasteiger charge is 2.42. The van der Waals surface area contributed by atoms with Gasteiger partial charge in [-0.15, -0.1) is 0 Å². The molecule has 1 aromatic rings. The van der Waals surface area contributed by atoms with Crippen LogP contribution in [-0.2, 0) is 11.0 Å². The molecular formula is C15H19F3N5O3+. The van der Waals surface area contributed by atoms with E-state index in [1.807, 2.05) is 0 Å². The number of quaternary nitrogens is 1. The van der Waals surface area contributed by atoms with Crippen molar-refractivity contribution >= 4 is 17.3 Å². The second-order valence-corrected chi connectivity index (χ2v) is 6.30. The Morgan fingerprint density at radius 3 is 2.65 bits per heavy atom. The molecule has 1 unspecified atom stereocenters. The smallest absolute Gasteiger partial charge is 0.356 e. The molecule has 2 saturated heterocycles. The fraction of sp³-hybridized carbons (Fsp3) is 0.533. The summed E-state index contributed by atoms with van der Waals surface area (Å²) in [7, 11) is 0. The Morgan fingerprint density at radius 1 is 1.31 bits per heavy atom. The molecule has 0 aliphatic carbocycles. The summed E-state index contributed by atoms with van der Waals surface area (Å²) in [6, 6.07) is 2.40. The Bertz CT molecular complexity index is 727. The number of hydrogen-bond acceptors (Lipinski definition) is 5. The molecule has 3 N–H and O–H groups in total. The van der Waals surface area contributed by atoms with Crippen molar-refractivity contribution in [1.29, 1.82) is 0 Å². The van der Waals surface area contributed by atoms with Crippen LogP contribution in [-0.4, -0.2) is 66.1 Å². The molecule has 2 aliphatic heterocycles. The SMILES string of the molecule is [NH3+]CCN1CCN2C(=O)CN(c3ccc(C(F)(F)F)cc3[N+](=O)[O-])CC12. The molecule has 0 saturated carbocycles. The lowest BCUT2D eigenvalue weighted by molar-refractivity contribution is -0.384. The minimum absolute atomic E-state index is 0.0254. The van der Waals surface area contributed by atoms with Gasteiger partial charge in [-0.2, -0.15) is 13.2 Å². The molecule has 0 aromatic heterocycles. The number of piperazine rings is 1. The van der Waals surface area contributed by atoms with Gasteiger partial charge >= 0.3 is 6.18 Å². The Hall–Kier alpha value is -2.40. The van der Waals surface area contributed by atoms with Crippen LogP contribution < -0.4 is 10.6 Å². The summed E-state index contributed by atoms with van der Waals surface area (Å²) in [4.78, 5) is 28.1. The van der Waals surface area contributed by atoms with Crippen molar-refractivity contribution < 1.29 is 28.6 Å². The van der Waals surface area contributed by atoms with Crippen molar-refractivity contribution in [3.63, 3.8) is 0 Å². The normalized spacial score (nSPS) is 21.2. The zero-order valence-electron chi connectivity index (χ0n) is 13.9. The summed E-state index contributed by atoms with van der Waals surface area (Å²) >= 11 is 0. The molecular weight excluding hydrogens is 355 g/mol. The van der Waals surface area contributed by atoms with Gasteiger partial charge in [0.25, 0.3) is 5.69 Å². The number of fused-ring (bicyclic) bond motifs is 1. The molecule has 8 nitrogen and oxygen atoms in total. The zero-order valence-corrected chi connectivity index (χ0v) is 13.9. The Kier molecular flexibility index (Phi) is 4.76. The molecule has 2 fully saturated rings. The molecule has 2 aliphatic rings. The lowest BCUT2D eigenvalue weighted by atomic mass is 10.1. The first kappa shape index (κ1) is 18.4. The monoisotopic (exact) mass is 374 g/mol. The number of amides is 1. The second-order valence-electron chi connectivity index (χ2n) is 6.30. The first-order chi connectivity index (χ1) is 12.2. The van der Waals surface area contributed by atoms with Gasteiger partial charge in [-0.3, -0.25) is 19.8 Å². The highest BCUT2D eigenvalue weighted by Crippen LogP contribution is 2.37. The minimum atomic E-state index is -4.67. The quantitative estimate of drug-likeness (QED) is 0.598. The van der Waals surface area contributed by atoms with Crippen molar-refractivity contribution in [1.82, 2.24) is 9.80 Å². The average Bonchev–Trinajstić information content (AvgIpc) is 2.97. The second kappa shape index (κ2) is 6.72. The van der Waals surface area contributed by atoms with E-state index >= 15 is 0 Å². The van der Waals surface area contributed by atoms with E-state index in [0.29, 0.717) is 38.8 Å². The van der Waals surface area contributed by atoms with Crippen LogP contribution in [0.25, 0.3) is 0 Å². The summed E-state index contributed by atoms with van der Waals surface area (Å²) in [6.07, 6.45) is -4.92. The third kappa shape index (κ3) is 3.31. The first-order valence-electron chi connectivity index (χ1n) is 8.15. The van der Waals surface area contributed by atoms with E-state index in [1.54, 1.807) is 4.90 Å². The number of hydrogen-bond donors (Lipinski definition) is 1. The number of alkyl halides is 3. The van der Waals surface area contributed by atoms with Crippen LogP contribution in [0.3, 0.4) is 0 Å². The van der Waals surface area contributed by atoms with E-state index in [-0.39, 0.29) is 24.3 Å². The number of benzene rings is 1. The van der Waals surface area contributed by atoms with Gasteiger partial charge in [0.2, 0.25) is 5.91 Å². The van der Waals surface area contributed by atoms with Gasteiger partial charge in [0.15, 0.2) is 0 Å². The fourth-order valence-electron chi connectivity index (χ4n) is 3.51. The molecule has 1 amide bonds. The van der Waals surface area contributed by atoms with Crippen molar-refractivity contribution in [2.45, 2.75) is 12.3 Å². The molecule has 0 radical (unpaired) electrons. The average molecular weight is 374 g/mol. The van der Waals surface area contributed by atoms with Crippen LogP contribution in [0.4, 0.5) is 24.5 Å². The molecule has 0 spiro atoms. The number of carbonyl (C=O) groups is 1. The summed E-state index contributed by atoms with van der Waals surface area (Å²) in [5.74, 6) is -0.193. The minimum Gasteiger partial charge on any atom is -0.356 e. The molecule has 1 aromatic carbocycles. The Morgan fingerprint density at radius 2 is 2.04 bits per heavy atom. The number of halogens is 3. The summed E-state index contributed by atoms with van der Waals surface area (Å²) in [6.45, 7) is 2.80. The first-order valence-corrected chi connectivity index (χ1v) is 8.15. The largest absolute Gasteiger partial charge is 0.416 e. The van der Waals surface area contributed by atoms with Crippen molar-refractivity contribution in [3.05, 3.63) is 33.9 Å². The lowest BCUT2D eigenvalue weighted by Gasteiger charge is -2.40. The zero-order chi connectivity index (χ0) is 19.1. The predicted molar refractivity (Wildman–Crippen MR) is 85.1 cm³/mol. The number of nitrogens with zero attached hydrogens (tertiary/aromatic N) is 4. The van der Waals surface area contributed by atoms with Gasteiger partial charge in [0.1, 0.15) is 11.9 Å². The van der Waals surface area contributed by atoms with Crippen LogP contribution >= 0.6 is 0 Å². The van der Waals surface area contributed by atoms with E-state index in [4.69, 9.17) is 0 Å². The maximum absolute atomic E-state index is 12.9. The molecule has 0 bridgehead atoms. The molecule has 3 rings (SSSR count). The maximum atomic E-state index is 12.9. The van der Waals surface area contributed by atoms with Gasteiger partial charge in [-0.1, -0.05) is 0 Å². The number of anilines is 1. The number of nitro benzene ring substituents is 1. The van der Waals surface area contributed by atoms with Crippen LogP contribution in [0.1, 0.15) is 5.56 Å². The third-order valence-corrected chi connectivity index (χ3v) is 4.72. The van der Waals surface area contributed by atoms with Crippen molar-refractivity contribution in [3.8, 4) is 0 Å². The topological polar surface area (TPSA) is 97.6 Å². The van der Waals surface area contributed by atoms with Crippen LogP contribution in [0, 0.1) is 10.1 Å². The van der Waals surface area contributed by atoms with Crippen LogP contribution in [0.2, 0.25) is 0 Å². The van der Waals surface area contributed by atoms with Crippen LogP contribution in [0.15, 0.2) is 18.2 Å². The van der Waals surface area contributed by atoms with E-state index in [2.05, 4.69) is 10.6 Å². The van der Waals surface area contributed by atoms with Gasteiger partial charge in [-0.25, -0.2) is 0 Å². The Balaban J connectivity index is 1.93. The van der Waals surface area contributed by atoms with Gasteiger partial charge < -0.3 is 15.5 Å². The van der Waals surface area contributed by atoms with E-state index in [9.17, 15) is 28.1 Å². The van der Waals surface area contributed by atoms with Crippen molar-refractivity contribution in [2.24, 2.45) is 0 Å². The predicted octanol–water partition coefficient (Wildman–Crippen LogP) is 0.146. The summed E-state index contributed by atoms with van der Waals surface area (Å²) in [5.41, 5.74) is 2.09. The fourth-order valence-corrected chi connectivity index (χ4v) is 3.51. The van der Waals surface area contributed by atoms with E-state index < -0.39 is 22.4 Å². The van der Waals surface area contributed by atoms with E-state index in [1.165, 1.54) is 4.90 Å². The maximum Gasteiger partial charge on any atom is 0.416 e. The molecule has 142 valence electrons. The number of rotatable bonds is 4. The van der Waals surface area contributed by atoms with Crippen LogP contribution in [0.5, 0.6) is 0 Å². The van der Waals surface area contributed by atoms with E-state index in [0.717, 1.165) is 12.1 Å². The van der Waals surface area contributed by atoms with Crippen molar-refractivity contribution in [2.75, 3.05) is 44.2 Å². The van der Waals surface area contributed by atoms with Gasteiger partial charge in [-0.05, 0) is 12.1 Å². The lowest BCUT2D eigenvalue weighted by Crippen LogP contribution is -2.61. The summed E-state index contributed by atoms with van der Waals surface area (Å²) < 4.78 is 38.6. The molecule has 26 heavy (non-hydrogen) atoms. The highest BCUT2D eigenvalue weighted by atomic mass is 19.4. The van der Waals surface area contributed by atoms with Gasteiger partial charge in [0, 0.05) is 25.7 Å². The molecule has 2 heterocycles. The number of nitro groups is 1. The third-order valence-electron chi connectivity index (χ3n) is 4.72.